The molecular formula is C13H16N4. The fourth-order valence-corrected chi connectivity index (χ4v) is 2.59. The molecule has 3 heterocycles. The van der Waals surface area contributed by atoms with Gasteiger partial charge in [-0.2, -0.15) is 0 Å². The van der Waals surface area contributed by atoms with E-state index in [2.05, 4.69) is 21.1 Å². The Morgan fingerprint density at radius 2 is 2.24 bits per heavy atom. The monoisotopic (exact) mass is 228 g/mol. The zero-order valence-corrected chi connectivity index (χ0v) is 9.69. The van der Waals surface area contributed by atoms with Crippen molar-refractivity contribution in [3.8, 4) is 0 Å². The van der Waals surface area contributed by atoms with E-state index >= 15 is 0 Å². The summed E-state index contributed by atoms with van der Waals surface area (Å²) in [6.45, 7) is 2.13. The van der Waals surface area contributed by atoms with Gasteiger partial charge in [-0.1, -0.05) is 0 Å². The quantitative estimate of drug-likeness (QED) is 0.772. The van der Waals surface area contributed by atoms with Gasteiger partial charge in [-0.3, -0.25) is 0 Å². The minimum Gasteiger partial charge on any atom is -0.329 e. The zero-order valence-electron chi connectivity index (χ0n) is 9.69. The van der Waals surface area contributed by atoms with E-state index in [1.165, 1.54) is 6.21 Å². The molecular weight excluding hydrogens is 212 g/mol. The summed E-state index contributed by atoms with van der Waals surface area (Å²) in [5.74, 6) is 0. The lowest BCUT2D eigenvalue weighted by Crippen LogP contribution is -2.29. The number of pyridine rings is 1. The van der Waals surface area contributed by atoms with E-state index in [0.717, 1.165) is 42.5 Å². The average molecular weight is 228 g/mol. The van der Waals surface area contributed by atoms with Crippen molar-refractivity contribution < 1.29 is 0 Å². The van der Waals surface area contributed by atoms with Gasteiger partial charge < -0.3 is 15.3 Å². The molecule has 1 aliphatic heterocycles. The van der Waals surface area contributed by atoms with Gasteiger partial charge in [0.25, 0.3) is 0 Å². The third-order valence-electron chi connectivity index (χ3n) is 3.48. The minimum atomic E-state index is 0.516. The highest BCUT2D eigenvalue weighted by molar-refractivity contribution is 5.96. The van der Waals surface area contributed by atoms with Crippen LogP contribution in [0.25, 0.3) is 11.0 Å². The summed E-state index contributed by atoms with van der Waals surface area (Å²) in [5, 5.41) is 11.9. The maximum Gasteiger partial charge on any atom is 0.140 e. The van der Waals surface area contributed by atoms with E-state index in [1.54, 1.807) is 0 Å². The van der Waals surface area contributed by atoms with Gasteiger partial charge in [0.15, 0.2) is 0 Å². The van der Waals surface area contributed by atoms with Crippen LogP contribution in [-0.4, -0.2) is 28.9 Å². The van der Waals surface area contributed by atoms with Crippen molar-refractivity contribution in [1.29, 1.82) is 5.41 Å². The Hall–Kier alpha value is -1.68. The predicted molar refractivity (Wildman–Crippen MR) is 68.8 cm³/mol. The van der Waals surface area contributed by atoms with Gasteiger partial charge in [0.2, 0.25) is 0 Å². The first kappa shape index (κ1) is 10.5. The predicted octanol–water partition coefficient (Wildman–Crippen LogP) is 1.96. The molecule has 0 atom stereocenters. The van der Waals surface area contributed by atoms with Crippen molar-refractivity contribution >= 4 is 17.2 Å². The van der Waals surface area contributed by atoms with Crippen molar-refractivity contribution in [3.63, 3.8) is 0 Å². The zero-order chi connectivity index (χ0) is 11.7. The smallest absolute Gasteiger partial charge is 0.140 e. The second kappa shape index (κ2) is 4.30. The van der Waals surface area contributed by atoms with Gasteiger partial charge >= 0.3 is 0 Å². The highest BCUT2D eigenvalue weighted by Gasteiger charge is 2.18. The van der Waals surface area contributed by atoms with Gasteiger partial charge in [0, 0.05) is 35.6 Å². The van der Waals surface area contributed by atoms with E-state index in [9.17, 15) is 0 Å². The molecule has 1 aliphatic rings. The van der Waals surface area contributed by atoms with E-state index in [0.29, 0.717) is 6.04 Å². The number of rotatable bonds is 2. The maximum absolute atomic E-state index is 7.47. The van der Waals surface area contributed by atoms with E-state index < -0.39 is 0 Å². The van der Waals surface area contributed by atoms with Crippen LogP contribution in [0.1, 0.15) is 24.4 Å². The largest absolute Gasteiger partial charge is 0.329 e. The fraction of sp³-hybridized carbons (Fsp3) is 0.385. The Morgan fingerprint density at radius 3 is 3.00 bits per heavy atom. The van der Waals surface area contributed by atoms with Crippen LogP contribution in [0.5, 0.6) is 0 Å². The Morgan fingerprint density at radius 1 is 1.41 bits per heavy atom. The number of hydrogen-bond donors (Lipinski definition) is 2. The lowest BCUT2D eigenvalue weighted by molar-refractivity contribution is 0.375. The molecule has 88 valence electrons. The summed E-state index contributed by atoms with van der Waals surface area (Å²) in [6, 6.07) is 4.49. The lowest BCUT2D eigenvalue weighted by Gasteiger charge is -2.24. The van der Waals surface area contributed by atoms with Crippen molar-refractivity contribution in [3.05, 3.63) is 30.1 Å². The normalized spacial score (nSPS) is 17.4. The number of hydrogen-bond acceptors (Lipinski definition) is 3. The van der Waals surface area contributed by atoms with Crippen molar-refractivity contribution in [2.45, 2.75) is 18.9 Å². The lowest BCUT2D eigenvalue weighted by atomic mass is 10.1. The highest BCUT2D eigenvalue weighted by atomic mass is 15.1. The van der Waals surface area contributed by atoms with Crippen LogP contribution in [0.15, 0.2) is 24.5 Å². The molecule has 17 heavy (non-hydrogen) atoms. The first-order chi connectivity index (χ1) is 8.40. The van der Waals surface area contributed by atoms with Crippen molar-refractivity contribution in [1.82, 2.24) is 14.9 Å². The van der Waals surface area contributed by atoms with Crippen LogP contribution in [-0.2, 0) is 0 Å². The van der Waals surface area contributed by atoms with Crippen molar-refractivity contribution in [2.24, 2.45) is 0 Å². The van der Waals surface area contributed by atoms with Gasteiger partial charge in [0.05, 0.1) is 0 Å². The fourth-order valence-electron chi connectivity index (χ4n) is 2.59. The Kier molecular flexibility index (Phi) is 2.65. The standard InChI is InChI=1S/C13H16N4/c14-8-10-9-17(11-3-6-15-7-4-11)13-12(10)2-1-5-16-13/h1-2,5,8-9,11,14-15H,3-4,6-7H2. The topological polar surface area (TPSA) is 53.7 Å². The molecule has 2 aromatic heterocycles. The summed E-state index contributed by atoms with van der Waals surface area (Å²) >= 11 is 0. The van der Waals surface area contributed by atoms with Gasteiger partial charge in [0.1, 0.15) is 5.65 Å². The number of nitrogens with one attached hydrogen (secondary N) is 2. The number of piperidine rings is 1. The number of fused-ring (bicyclic) bond motifs is 1. The number of nitrogens with zero attached hydrogens (tertiary/aromatic N) is 2. The summed E-state index contributed by atoms with van der Waals surface area (Å²) in [7, 11) is 0. The van der Waals surface area contributed by atoms with Crippen LogP contribution in [0, 0.1) is 5.41 Å². The summed E-state index contributed by atoms with van der Waals surface area (Å²) in [4.78, 5) is 4.46. The van der Waals surface area contributed by atoms with Crippen LogP contribution in [0.4, 0.5) is 0 Å². The summed E-state index contributed by atoms with van der Waals surface area (Å²) in [5.41, 5.74) is 1.98. The van der Waals surface area contributed by atoms with Gasteiger partial charge in [-0.15, -0.1) is 0 Å². The molecule has 0 aliphatic carbocycles. The van der Waals surface area contributed by atoms with E-state index in [1.807, 2.05) is 18.3 Å². The highest BCUT2D eigenvalue weighted by Crippen LogP contribution is 2.26. The molecule has 0 aromatic carbocycles. The Balaban J connectivity index is 2.11. The van der Waals surface area contributed by atoms with Crippen LogP contribution in [0.2, 0.25) is 0 Å². The summed E-state index contributed by atoms with van der Waals surface area (Å²) in [6.07, 6.45) is 7.59. The van der Waals surface area contributed by atoms with Gasteiger partial charge in [-0.25, -0.2) is 4.98 Å². The number of aromatic nitrogens is 2. The van der Waals surface area contributed by atoms with E-state index in [4.69, 9.17) is 5.41 Å². The second-order valence-electron chi connectivity index (χ2n) is 4.49. The Bertz CT molecular complexity index is 537. The molecule has 2 N–H and O–H groups in total. The molecule has 0 spiro atoms. The average Bonchev–Trinajstić information content (AvgIpc) is 2.78. The molecule has 0 radical (unpaired) electrons. The van der Waals surface area contributed by atoms with E-state index in [-0.39, 0.29) is 0 Å². The molecule has 2 aromatic rings. The molecule has 0 saturated carbocycles. The SMILES string of the molecule is N=Cc1cn(C2CCNCC2)c2ncccc12. The van der Waals surface area contributed by atoms with Crippen LogP contribution < -0.4 is 5.32 Å². The van der Waals surface area contributed by atoms with Crippen LogP contribution in [0.3, 0.4) is 0 Å². The molecule has 4 nitrogen and oxygen atoms in total. The molecule has 0 unspecified atom stereocenters. The van der Waals surface area contributed by atoms with Crippen molar-refractivity contribution in [2.75, 3.05) is 13.1 Å². The summed E-state index contributed by atoms with van der Waals surface area (Å²) < 4.78 is 2.25. The second-order valence-corrected chi connectivity index (χ2v) is 4.49. The third kappa shape index (κ3) is 1.74. The molecule has 3 rings (SSSR count). The van der Waals surface area contributed by atoms with Crippen LogP contribution >= 0.6 is 0 Å². The molecule has 0 bridgehead atoms. The third-order valence-corrected chi connectivity index (χ3v) is 3.48. The first-order valence-corrected chi connectivity index (χ1v) is 6.07. The van der Waals surface area contributed by atoms with Gasteiger partial charge in [-0.05, 0) is 38.1 Å². The molecule has 0 amide bonds. The first-order valence-electron chi connectivity index (χ1n) is 6.07. The minimum absolute atomic E-state index is 0.516. The molecule has 4 heteroatoms. The maximum atomic E-state index is 7.47. The molecule has 1 fully saturated rings. The molecule has 1 saturated heterocycles. The Labute approximate surface area is 100 Å².